The van der Waals surface area contributed by atoms with Crippen molar-refractivity contribution in [1.29, 1.82) is 5.26 Å². The Hall–Kier alpha value is -2.32. The van der Waals surface area contributed by atoms with Crippen LogP contribution in [0.15, 0.2) is 24.5 Å². The van der Waals surface area contributed by atoms with E-state index >= 15 is 0 Å². The summed E-state index contributed by atoms with van der Waals surface area (Å²) in [6.45, 7) is 1.89. The van der Waals surface area contributed by atoms with Gasteiger partial charge in [0, 0.05) is 17.6 Å². The van der Waals surface area contributed by atoms with Crippen LogP contribution >= 0.6 is 11.6 Å². The predicted octanol–water partition coefficient (Wildman–Crippen LogP) is 3.10. The smallest absolute Gasteiger partial charge is 0.138 e. The van der Waals surface area contributed by atoms with Crippen molar-refractivity contribution in [3.63, 3.8) is 0 Å². The van der Waals surface area contributed by atoms with E-state index in [0.29, 0.717) is 22.1 Å². The number of hydrogen-bond acceptors (Lipinski definition) is 5. The molecule has 0 amide bonds. The number of nitrogens with zero attached hydrogens (tertiary/aromatic N) is 3. The lowest BCUT2D eigenvalue weighted by molar-refractivity contribution is 1.12. The minimum absolute atomic E-state index is 0.508. The van der Waals surface area contributed by atoms with E-state index in [2.05, 4.69) is 26.7 Å². The van der Waals surface area contributed by atoms with E-state index in [1.54, 1.807) is 25.2 Å². The molecule has 2 aromatic rings. The second-order valence-corrected chi connectivity index (χ2v) is 4.31. The highest BCUT2D eigenvalue weighted by atomic mass is 35.5. The van der Waals surface area contributed by atoms with Crippen LogP contribution < -0.4 is 10.6 Å². The van der Waals surface area contributed by atoms with E-state index in [9.17, 15) is 0 Å². The molecule has 0 aliphatic carbocycles. The van der Waals surface area contributed by atoms with Crippen molar-refractivity contribution >= 4 is 28.9 Å². The fourth-order valence-corrected chi connectivity index (χ4v) is 1.85. The van der Waals surface area contributed by atoms with Crippen molar-refractivity contribution in [2.75, 3.05) is 17.7 Å². The average molecular weight is 274 g/mol. The molecule has 1 heterocycles. The maximum atomic E-state index is 9.08. The van der Waals surface area contributed by atoms with Gasteiger partial charge in [0.1, 0.15) is 24.0 Å². The fraction of sp³-hybridized carbons (Fsp3) is 0.154. The van der Waals surface area contributed by atoms with Gasteiger partial charge in [0.05, 0.1) is 11.3 Å². The van der Waals surface area contributed by atoms with Gasteiger partial charge < -0.3 is 10.6 Å². The van der Waals surface area contributed by atoms with Crippen molar-refractivity contribution in [2.24, 2.45) is 0 Å². The van der Waals surface area contributed by atoms with E-state index in [1.807, 2.05) is 6.92 Å². The molecule has 0 spiro atoms. The molecule has 0 saturated heterocycles. The topological polar surface area (TPSA) is 73.6 Å². The molecule has 0 saturated carbocycles. The molecule has 0 atom stereocenters. The highest BCUT2D eigenvalue weighted by Crippen LogP contribution is 2.26. The second-order valence-electron chi connectivity index (χ2n) is 3.87. The van der Waals surface area contributed by atoms with Crippen LogP contribution in [0.2, 0.25) is 5.02 Å². The van der Waals surface area contributed by atoms with Gasteiger partial charge in [-0.05, 0) is 25.1 Å². The van der Waals surface area contributed by atoms with Gasteiger partial charge >= 0.3 is 0 Å². The maximum Gasteiger partial charge on any atom is 0.138 e. The lowest BCUT2D eigenvalue weighted by Crippen LogP contribution is -2.03. The first kappa shape index (κ1) is 13.1. The van der Waals surface area contributed by atoms with Crippen LogP contribution in [0.4, 0.5) is 17.3 Å². The van der Waals surface area contributed by atoms with E-state index in [-0.39, 0.29) is 0 Å². The van der Waals surface area contributed by atoms with E-state index in [1.165, 1.54) is 6.33 Å². The molecule has 5 nitrogen and oxygen atoms in total. The first-order chi connectivity index (χ1) is 9.15. The van der Waals surface area contributed by atoms with Crippen molar-refractivity contribution < 1.29 is 0 Å². The number of rotatable bonds is 3. The van der Waals surface area contributed by atoms with Gasteiger partial charge in [-0.25, -0.2) is 9.97 Å². The van der Waals surface area contributed by atoms with Gasteiger partial charge in [-0.1, -0.05) is 11.6 Å². The first-order valence-corrected chi connectivity index (χ1v) is 5.99. The molecule has 2 N–H and O–H groups in total. The molecule has 1 aromatic carbocycles. The number of nitriles is 1. The molecule has 96 valence electrons. The third-order valence-corrected chi connectivity index (χ3v) is 2.91. The zero-order valence-electron chi connectivity index (χ0n) is 10.5. The van der Waals surface area contributed by atoms with Gasteiger partial charge in [-0.3, -0.25) is 0 Å². The van der Waals surface area contributed by atoms with Crippen LogP contribution in [0.3, 0.4) is 0 Å². The second kappa shape index (κ2) is 5.55. The zero-order valence-corrected chi connectivity index (χ0v) is 11.3. The Labute approximate surface area is 116 Å². The standard InChI is InChI=1S/C13H12ClN5/c1-8-12(16-2)17-7-18-13(8)19-11-5-10(14)4-3-9(11)6-15/h3-5,7H,1-2H3,(H2,16,17,18,19). The van der Waals surface area contributed by atoms with Crippen LogP contribution in [0.25, 0.3) is 0 Å². The van der Waals surface area contributed by atoms with Crippen LogP contribution in [0.5, 0.6) is 0 Å². The summed E-state index contributed by atoms with van der Waals surface area (Å²) in [6, 6.07) is 7.15. The summed E-state index contributed by atoms with van der Waals surface area (Å²) in [6.07, 6.45) is 1.46. The zero-order chi connectivity index (χ0) is 13.8. The van der Waals surface area contributed by atoms with E-state index in [4.69, 9.17) is 16.9 Å². The Bertz CT molecular complexity index is 648. The number of anilines is 3. The van der Waals surface area contributed by atoms with Crippen LogP contribution in [0.1, 0.15) is 11.1 Å². The number of aromatic nitrogens is 2. The molecule has 0 unspecified atom stereocenters. The Morgan fingerprint density at radius 2 is 2.00 bits per heavy atom. The maximum absolute atomic E-state index is 9.08. The molecule has 1 aromatic heterocycles. The Morgan fingerprint density at radius 1 is 1.26 bits per heavy atom. The summed E-state index contributed by atoms with van der Waals surface area (Å²) in [5.41, 5.74) is 2.00. The number of halogens is 1. The van der Waals surface area contributed by atoms with Gasteiger partial charge in [0.15, 0.2) is 0 Å². The normalized spacial score (nSPS) is 9.79. The highest BCUT2D eigenvalue weighted by molar-refractivity contribution is 6.30. The first-order valence-electron chi connectivity index (χ1n) is 5.61. The minimum atomic E-state index is 0.508. The Morgan fingerprint density at radius 3 is 2.68 bits per heavy atom. The van der Waals surface area contributed by atoms with Crippen LogP contribution in [-0.4, -0.2) is 17.0 Å². The molecule has 0 aliphatic rings. The third kappa shape index (κ3) is 2.75. The summed E-state index contributed by atoms with van der Waals surface area (Å²) >= 11 is 5.94. The summed E-state index contributed by atoms with van der Waals surface area (Å²) in [5.74, 6) is 1.37. The molecule has 0 bridgehead atoms. The van der Waals surface area contributed by atoms with Gasteiger partial charge in [-0.15, -0.1) is 0 Å². The van der Waals surface area contributed by atoms with Crippen molar-refractivity contribution in [1.82, 2.24) is 9.97 Å². The molecule has 6 heteroatoms. The molecule has 0 aliphatic heterocycles. The molecule has 0 radical (unpaired) electrons. The minimum Gasteiger partial charge on any atom is -0.373 e. The van der Waals surface area contributed by atoms with E-state index < -0.39 is 0 Å². The van der Waals surface area contributed by atoms with Crippen LogP contribution in [-0.2, 0) is 0 Å². The molecule has 2 rings (SSSR count). The lowest BCUT2D eigenvalue weighted by atomic mass is 10.2. The van der Waals surface area contributed by atoms with Crippen molar-refractivity contribution in [3.05, 3.63) is 40.7 Å². The summed E-state index contributed by atoms with van der Waals surface area (Å²) in [5, 5.41) is 15.7. The van der Waals surface area contributed by atoms with Gasteiger partial charge in [0.2, 0.25) is 0 Å². The largest absolute Gasteiger partial charge is 0.373 e. The number of nitrogens with one attached hydrogen (secondary N) is 2. The summed E-state index contributed by atoms with van der Waals surface area (Å²) < 4.78 is 0. The van der Waals surface area contributed by atoms with Crippen molar-refractivity contribution in [2.45, 2.75) is 6.92 Å². The predicted molar refractivity (Wildman–Crippen MR) is 75.8 cm³/mol. The van der Waals surface area contributed by atoms with Crippen molar-refractivity contribution in [3.8, 4) is 6.07 Å². The highest BCUT2D eigenvalue weighted by Gasteiger charge is 2.09. The number of benzene rings is 1. The molecule has 0 fully saturated rings. The quantitative estimate of drug-likeness (QED) is 0.899. The average Bonchev–Trinajstić information content (AvgIpc) is 2.41. The van der Waals surface area contributed by atoms with Gasteiger partial charge in [-0.2, -0.15) is 5.26 Å². The SMILES string of the molecule is CNc1ncnc(Nc2cc(Cl)ccc2C#N)c1C. The molecular formula is C13H12ClN5. The summed E-state index contributed by atoms with van der Waals surface area (Å²) in [4.78, 5) is 8.28. The third-order valence-electron chi connectivity index (χ3n) is 2.68. The molecule has 19 heavy (non-hydrogen) atoms. The lowest BCUT2D eigenvalue weighted by Gasteiger charge is -2.12. The van der Waals surface area contributed by atoms with Gasteiger partial charge in [0.25, 0.3) is 0 Å². The monoisotopic (exact) mass is 273 g/mol. The van der Waals surface area contributed by atoms with Crippen LogP contribution in [0, 0.1) is 18.3 Å². The molecular weight excluding hydrogens is 262 g/mol. The Kier molecular flexibility index (Phi) is 3.83. The fourth-order valence-electron chi connectivity index (χ4n) is 1.67. The Balaban J connectivity index is 2.42. The number of hydrogen-bond donors (Lipinski definition) is 2. The summed E-state index contributed by atoms with van der Waals surface area (Å²) in [7, 11) is 1.79. The van der Waals surface area contributed by atoms with E-state index in [0.717, 1.165) is 11.4 Å².